The summed E-state index contributed by atoms with van der Waals surface area (Å²) in [7, 11) is 0. The third-order valence-corrected chi connectivity index (χ3v) is 3.81. The third-order valence-electron chi connectivity index (χ3n) is 3.81. The first-order valence-corrected chi connectivity index (χ1v) is 7.47. The van der Waals surface area contributed by atoms with Crippen molar-refractivity contribution >= 4 is 17.5 Å². The van der Waals surface area contributed by atoms with Crippen molar-refractivity contribution in [3.05, 3.63) is 52.3 Å². The van der Waals surface area contributed by atoms with E-state index in [0.717, 1.165) is 0 Å². The molecule has 1 aromatic carbocycles. The largest absolute Gasteiger partial charge is 0.507 e. The molecule has 2 rings (SSSR count). The number of para-hydroxylation sites is 1. The molecule has 24 heavy (non-hydrogen) atoms. The number of hydrogen-bond acceptors (Lipinski definition) is 5. The summed E-state index contributed by atoms with van der Waals surface area (Å²) in [5, 5.41) is 9.66. The standard InChI is InChI=1S/C18H19NO5/c1-9-15(11(3)20)10(2)19-16(9)17(22)12(4)24-18(23)13-7-5-6-8-14(13)21/h5-8,12,19,21H,1-4H3/t12-/m0/s1. The van der Waals surface area contributed by atoms with Gasteiger partial charge in [0.05, 0.1) is 5.69 Å². The van der Waals surface area contributed by atoms with Crippen molar-refractivity contribution in [2.75, 3.05) is 0 Å². The molecule has 0 spiro atoms. The van der Waals surface area contributed by atoms with Crippen LogP contribution in [-0.2, 0) is 4.74 Å². The van der Waals surface area contributed by atoms with Crippen molar-refractivity contribution in [3.63, 3.8) is 0 Å². The molecule has 0 saturated heterocycles. The normalized spacial score (nSPS) is 11.8. The zero-order valence-electron chi connectivity index (χ0n) is 14.0. The molecule has 0 aliphatic carbocycles. The fourth-order valence-electron chi connectivity index (χ4n) is 2.65. The van der Waals surface area contributed by atoms with Crippen molar-refractivity contribution < 1.29 is 24.2 Å². The van der Waals surface area contributed by atoms with Gasteiger partial charge in [0, 0.05) is 11.3 Å². The number of benzene rings is 1. The van der Waals surface area contributed by atoms with Gasteiger partial charge >= 0.3 is 5.97 Å². The van der Waals surface area contributed by atoms with Gasteiger partial charge in [-0.25, -0.2) is 4.79 Å². The summed E-state index contributed by atoms with van der Waals surface area (Å²) in [5.74, 6) is -1.58. The summed E-state index contributed by atoms with van der Waals surface area (Å²) in [4.78, 5) is 39.1. The molecule has 2 N–H and O–H groups in total. The van der Waals surface area contributed by atoms with Crippen LogP contribution in [0.15, 0.2) is 24.3 Å². The van der Waals surface area contributed by atoms with Crippen LogP contribution in [0, 0.1) is 13.8 Å². The van der Waals surface area contributed by atoms with E-state index in [1.807, 2.05) is 0 Å². The van der Waals surface area contributed by atoms with Crippen LogP contribution in [-0.4, -0.2) is 33.7 Å². The van der Waals surface area contributed by atoms with E-state index >= 15 is 0 Å². The summed E-state index contributed by atoms with van der Waals surface area (Å²) in [5.41, 5.74) is 1.84. The van der Waals surface area contributed by atoms with Gasteiger partial charge in [0.25, 0.3) is 0 Å². The van der Waals surface area contributed by atoms with Gasteiger partial charge in [0.1, 0.15) is 11.3 Å². The topological polar surface area (TPSA) is 96.5 Å². The van der Waals surface area contributed by atoms with Gasteiger partial charge in [-0.05, 0) is 45.4 Å². The lowest BCUT2D eigenvalue weighted by molar-refractivity contribution is 0.0314. The van der Waals surface area contributed by atoms with Crippen molar-refractivity contribution in [1.82, 2.24) is 4.98 Å². The Hall–Kier alpha value is -2.89. The average molecular weight is 329 g/mol. The number of aromatic amines is 1. The average Bonchev–Trinajstić information content (AvgIpc) is 2.81. The van der Waals surface area contributed by atoms with Gasteiger partial charge in [-0.15, -0.1) is 0 Å². The van der Waals surface area contributed by atoms with Gasteiger partial charge < -0.3 is 14.8 Å². The first-order chi connectivity index (χ1) is 11.2. The zero-order chi connectivity index (χ0) is 18.0. The fraction of sp³-hybridized carbons (Fsp3) is 0.278. The summed E-state index contributed by atoms with van der Waals surface area (Å²) >= 11 is 0. The molecular formula is C18H19NO5. The van der Waals surface area contributed by atoms with Crippen LogP contribution in [0.5, 0.6) is 5.75 Å². The molecule has 0 radical (unpaired) electrons. The van der Waals surface area contributed by atoms with E-state index in [9.17, 15) is 19.5 Å². The molecule has 2 aromatic rings. The molecule has 0 bridgehead atoms. The highest BCUT2D eigenvalue weighted by Crippen LogP contribution is 2.22. The molecule has 1 aromatic heterocycles. The molecule has 0 unspecified atom stereocenters. The maximum Gasteiger partial charge on any atom is 0.342 e. The van der Waals surface area contributed by atoms with Gasteiger partial charge in [-0.1, -0.05) is 12.1 Å². The van der Waals surface area contributed by atoms with Crippen LogP contribution >= 0.6 is 0 Å². The van der Waals surface area contributed by atoms with Crippen LogP contribution in [0.3, 0.4) is 0 Å². The van der Waals surface area contributed by atoms with E-state index in [1.54, 1.807) is 26.0 Å². The van der Waals surface area contributed by atoms with Crippen molar-refractivity contribution in [3.8, 4) is 5.75 Å². The number of aromatic nitrogens is 1. The maximum atomic E-state index is 12.5. The summed E-state index contributed by atoms with van der Waals surface area (Å²) < 4.78 is 5.14. The number of carbonyl (C=O) groups is 3. The predicted octanol–water partition coefficient (Wildman–Crippen LogP) is 2.97. The molecule has 0 fully saturated rings. The van der Waals surface area contributed by atoms with E-state index < -0.39 is 17.9 Å². The molecule has 126 valence electrons. The molecule has 0 aliphatic rings. The van der Waals surface area contributed by atoms with Gasteiger partial charge in [0.15, 0.2) is 11.9 Å². The van der Waals surface area contributed by atoms with Gasteiger partial charge in [0.2, 0.25) is 5.78 Å². The van der Waals surface area contributed by atoms with Gasteiger partial charge in [-0.2, -0.15) is 0 Å². The Morgan fingerprint density at radius 2 is 1.79 bits per heavy atom. The quantitative estimate of drug-likeness (QED) is 0.649. The zero-order valence-corrected chi connectivity index (χ0v) is 14.0. The highest BCUT2D eigenvalue weighted by molar-refractivity contribution is 6.05. The Bertz CT molecular complexity index is 819. The van der Waals surface area contributed by atoms with Crippen molar-refractivity contribution in [2.24, 2.45) is 0 Å². The summed E-state index contributed by atoms with van der Waals surface area (Å²) in [6.07, 6.45) is -1.06. The number of H-pyrrole nitrogens is 1. The number of Topliss-reactive ketones (excluding diaryl/α,β-unsaturated/α-hetero) is 2. The maximum absolute atomic E-state index is 12.5. The van der Waals surface area contributed by atoms with E-state index in [2.05, 4.69) is 4.98 Å². The van der Waals surface area contributed by atoms with Crippen LogP contribution in [0.2, 0.25) is 0 Å². The number of hydrogen-bond donors (Lipinski definition) is 2. The molecule has 6 nitrogen and oxygen atoms in total. The number of aromatic hydroxyl groups is 1. The molecule has 6 heteroatoms. The van der Waals surface area contributed by atoms with Crippen LogP contribution in [0.1, 0.15) is 56.3 Å². The second-order valence-electron chi connectivity index (χ2n) is 5.61. The van der Waals surface area contributed by atoms with E-state index in [4.69, 9.17) is 4.74 Å². The minimum absolute atomic E-state index is 0.0130. The van der Waals surface area contributed by atoms with Crippen LogP contribution < -0.4 is 0 Å². The highest BCUT2D eigenvalue weighted by Gasteiger charge is 2.26. The summed E-state index contributed by atoms with van der Waals surface area (Å²) in [6, 6.07) is 5.93. The number of aryl methyl sites for hydroxylation is 1. The monoisotopic (exact) mass is 329 g/mol. The number of carbonyl (C=O) groups excluding carboxylic acids is 3. The molecule has 0 amide bonds. The fourth-order valence-corrected chi connectivity index (χ4v) is 2.65. The Morgan fingerprint density at radius 3 is 2.33 bits per heavy atom. The Morgan fingerprint density at radius 1 is 1.17 bits per heavy atom. The number of phenols is 1. The molecule has 1 heterocycles. The van der Waals surface area contributed by atoms with Crippen LogP contribution in [0.4, 0.5) is 0 Å². The summed E-state index contributed by atoms with van der Waals surface area (Å²) in [6.45, 7) is 6.26. The van der Waals surface area contributed by atoms with Gasteiger partial charge in [-0.3, -0.25) is 9.59 Å². The number of ketones is 2. The number of phenolic OH excluding ortho intramolecular Hbond substituents is 1. The molecule has 0 aliphatic heterocycles. The first kappa shape index (κ1) is 17.5. The predicted molar refractivity (Wildman–Crippen MR) is 87.6 cm³/mol. The lowest BCUT2D eigenvalue weighted by Crippen LogP contribution is -2.25. The lowest BCUT2D eigenvalue weighted by Gasteiger charge is -2.12. The molecular weight excluding hydrogens is 310 g/mol. The third kappa shape index (κ3) is 3.22. The SMILES string of the molecule is CC(=O)c1c(C)[nH]c(C(=O)[C@H](C)OC(=O)c2ccccc2O)c1C. The lowest BCUT2D eigenvalue weighted by atomic mass is 10.0. The smallest absolute Gasteiger partial charge is 0.342 e. The highest BCUT2D eigenvalue weighted by atomic mass is 16.5. The van der Waals surface area contributed by atoms with Crippen molar-refractivity contribution in [2.45, 2.75) is 33.8 Å². The number of rotatable bonds is 5. The second-order valence-corrected chi connectivity index (χ2v) is 5.61. The van der Waals surface area contributed by atoms with Crippen molar-refractivity contribution in [1.29, 1.82) is 0 Å². The number of esters is 1. The molecule has 1 atom stereocenters. The Labute approximate surface area is 139 Å². The second kappa shape index (κ2) is 6.70. The minimum Gasteiger partial charge on any atom is -0.507 e. The Kier molecular flexibility index (Phi) is 4.87. The van der Waals surface area contributed by atoms with Crippen LogP contribution in [0.25, 0.3) is 0 Å². The number of nitrogens with one attached hydrogen (secondary N) is 1. The molecule has 0 saturated carbocycles. The Balaban J connectivity index is 2.22. The van der Waals surface area contributed by atoms with E-state index in [1.165, 1.54) is 26.0 Å². The first-order valence-electron chi connectivity index (χ1n) is 7.47. The minimum atomic E-state index is -1.06. The van der Waals surface area contributed by atoms with E-state index in [0.29, 0.717) is 16.8 Å². The number of ether oxygens (including phenoxy) is 1. The van der Waals surface area contributed by atoms with E-state index in [-0.39, 0.29) is 22.8 Å².